The van der Waals surface area contributed by atoms with Crippen LogP contribution in [0.2, 0.25) is 0 Å². The lowest BCUT2D eigenvalue weighted by molar-refractivity contribution is 0.477. The van der Waals surface area contributed by atoms with Crippen LogP contribution in [0.5, 0.6) is 5.75 Å². The number of hydrogen-bond acceptors (Lipinski definition) is 3. The maximum atomic E-state index is 9.57. The average molecular weight is 191 g/mol. The summed E-state index contributed by atoms with van der Waals surface area (Å²) in [7, 11) is 0. The van der Waals surface area contributed by atoms with Gasteiger partial charge >= 0.3 is 0 Å². The van der Waals surface area contributed by atoms with Gasteiger partial charge in [-0.25, -0.2) is 4.98 Å². The lowest BCUT2D eigenvalue weighted by Gasteiger charge is -2.01. The molecule has 0 aliphatic rings. The molecule has 66 valence electrons. The van der Waals surface area contributed by atoms with E-state index in [4.69, 9.17) is 0 Å². The van der Waals surface area contributed by atoms with Gasteiger partial charge in [-0.1, -0.05) is 11.6 Å². The van der Waals surface area contributed by atoms with Crippen LogP contribution in [0.3, 0.4) is 0 Å². The average Bonchev–Trinajstić information content (AvgIpc) is 2.61. The summed E-state index contributed by atoms with van der Waals surface area (Å²) >= 11 is 1.53. The standard InChI is InChI=1S/C10H9NOS/c1-7-2-3-9(12)8(6-7)10-11-4-5-13-10/h2-6,12H,1H3. The maximum absolute atomic E-state index is 9.57. The van der Waals surface area contributed by atoms with Gasteiger partial charge in [0.15, 0.2) is 0 Å². The molecule has 1 N–H and O–H groups in total. The first kappa shape index (κ1) is 8.26. The second kappa shape index (κ2) is 3.18. The van der Waals surface area contributed by atoms with Gasteiger partial charge in [0.25, 0.3) is 0 Å². The Balaban J connectivity index is 2.57. The van der Waals surface area contributed by atoms with Crippen molar-refractivity contribution >= 4 is 11.3 Å². The number of aromatic hydroxyl groups is 1. The van der Waals surface area contributed by atoms with Crippen molar-refractivity contribution in [1.82, 2.24) is 4.98 Å². The summed E-state index contributed by atoms with van der Waals surface area (Å²) in [6.07, 6.45) is 1.74. The minimum Gasteiger partial charge on any atom is -0.507 e. The van der Waals surface area contributed by atoms with Crippen LogP contribution in [-0.4, -0.2) is 10.1 Å². The predicted octanol–water partition coefficient (Wildman–Crippen LogP) is 2.82. The summed E-state index contributed by atoms with van der Waals surface area (Å²) in [5.41, 5.74) is 1.94. The van der Waals surface area contributed by atoms with E-state index in [2.05, 4.69) is 4.98 Å². The molecule has 13 heavy (non-hydrogen) atoms. The second-order valence-electron chi connectivity index (χ2n) is 2.86. The third-order valence-electron chi connectivity index (χ3n) is 1.81. The number of phenols is 1. The molecule has 2 aromatic rings. The van der Waals surface area contributed by atoms with Crippen molar-refractivity contribution in [3.05, 3.63) is 35.3 Å². The Kier molecular flexibility index (Phi) is 2.02. The van der Waals surface area contributed by atoms with Crippen LogP contribution >= 0.6 is 11.3 Å². The first-order chi connectivity index (χ1) is 6.27. The number of nitrogens with zero attached hydrogens (tertiary/aromatic N) is 1. The molecule has 0 bridgehead atoms. The highest BCUT2D eigenvalue weighted by atomic mass is 32.1. The van der Waals surface area contributed by atoms with Gasteiger partial charge in [0.05, 0.1) is 5.56 Å². The quantitative estimate of drug-likeness (QED) is 0.751. The number of aryl methyl sites for hydroxylation is 1. The zero-order valence-electron chi connectivity index (χ0n) is 7.19. The summed E-state index contributed by atoms with van der Waals surface area (Å²) in [5, 5.41) is 12.3. The number of rotatable bonds is 1. The van der Waals surface area contributed by atoms with E-state index in [-0.39, 0.29) is 0 Å². The third kappa shape index (κ3) is 1.55. The van der Waals surface area contributed by atoms with E-state index in [0.717, 1.165) is 16.1 Å². The molecule has 0 spiro atoms. The molecule has 0 saturated heterocycles. The zero-order valence-corrected chi connectivity index (χ0v) is 8.01. The Morgan fingerprint density at radius 1 is 1.38 bits per heavy atom. The highest BCUT2D eigenvalue weighted by Gasteiger charge is 2.05. The highest BCUT2D eigenvalue weighted by molar-refractivity contribution is 7.13. The predicted molar refractivity (Wildman–Crippen MR) is 54.0 cm³/mol. The lowest BCUT2D eigenvalue weighted by atomic mass is 10.1. The van der Waals surface area contributed by atoms with Crippen molar-refractivity contribution in [3.8, 4) is 16.3 Å². The van der Waals surface area contributed by atoms with Crippen molar-refractivity contribution in [1.29, 1.82) is 0 Å². The van der Waals surface area contributed by atoms with Gasteiger partial charge in [-0.2, -0.15) is 0 Å². The maximum Gasteiger partial charge on any atom is 0.126 e. The molecule has 1 heterocycles. The summed E-state index contributed by atoms with van der Waals surface area (Å²) in [5.74, 6) is 0.292. The smallest absolute Gasteiger partial charge is 0.126 e. The lowest BCUT2D eigenvalue weighted by Crippen LogP contribution is -1.79. The number of hydrogen-bond donors (Lipinski definition) is 1. The van der Waals surface area contributed by atoms with Gasteiger partial charge in [0, 0.05) is 11.6 Å². The molecule has 1 aromatic heterocycles. The van der Waals surface area contributed by atoms with E-state index in [1.165, 1.54) is 11.3 Å². The normalized spacial score (nSPS) is 10.2. The Morgan fingerprint density at radius 2 is 2.23 bits per heavy atom. The molecule has 3 heteroatoms. The molecule has 2 nitrogen and oxygen atoms in total. The van der Waals surface area contributed by atoms with Crippen molar-refractivity contribution < 1.29 is 5.11 Å². The Bertz CT molecular complexity index is 409. The molecule has 0 fully saturated rings. The number of thiazole rings is 1. The molecular formula is C10H9NOS. The van der Waals surface area contributed by atoms with Crippen molar-refractivity contribution in [3.63, 3.8) is 0 Å². The molecule has 2 rings (SSSR count). The van der Waals surface area contributed by atoms with E-state index >= 15 is 0 Å². The van der Waals surface area contributed by atoms with Crippen LogP contribution in [0.25, 0.3) is 10.6 Å². The van der Waals surface area contributed by atoms with Crippen molar-refractivity contribution in [2.45, 2.75) is 6.92 Å². The van der Waals surface area contributed by atoms with Crippen LogP contribution < -0.4 is 0 Å². The van der Waals surface area contributed by atoms with Gasteiger partial charge in [-0.3, -0.25) is 0 Å². The number of phenolic OH excluding ortho intramolecular Hbond substituents is 1. The summed E-state index contributed by atoms with van der Waals surface area (Å²) < 4.78 is 0. The Morgan fingerprint density at radius 3 is 2.92 bits per heavy atom. The molecule has 0 amide bonds. The van der Waals surface area contributed by atoms with E-state index in [1.54, 1.807) is 12.3 Å². The first-order valence-electron chi connectivity index (χ1n) is 3.97. The molecule has 0 atom stereocenters. The summed E-state index contributed by atoms with van der Waals surface area (Å²) in [6, 6.07) is 5.52. The van der Waals surface area contributed by atoms with E-state index in [0.29, 0.717) is 5.75 Å². The fraction of sp³-hybridized carbons (Fsp3) is 0.100. The molecule has 1 aromatic carbocycles. The largest absolute Gasteiger partial charge is 0.507 e. The topological polar surface area (TPSA) is 33.1 Å². The highest BCUT2D eigenvalue weighted by Crippen LogP contribution is 2.30. The molecule has 0 aliphatic heterocycles. The SMILES string of the molecule is Cc1ccc(O)c(-c2nccs2)c1. The van der Waals surface area contributed by atoms with Gasteiger partial charge in [-0.05, 0) is 19.1 Å². The number of benzene rings is 1. The third-order valence-corrected chi connectivity index (χ3v) is 2.62. The first-order valence-corrected chi connectivity index (χ1v) is 4.85. The van der Waals surface area contributed by atoms with Gasteiger partial charge in [-0.15, -0.1) is 11.3 Å². The van der Waals surface area contributed by atoms with E-state index in [1.807, 2.05) is 24.4 Å². The number of aromatic nitrogens is 1. The fourth-order valence-corrected chi connectivity index (χ4v) is 1.84. The molecular weight excluding hydrogens is 182 g/mol. The minimum atomic E-state index is 0.292. The van der Waals surface area contributed by atoms with Gasteiger partial charge in [0.1, 0.15) is 10.8 Å². The Hall–Kier alpha value is -1.35. The van der Waals surface area contributed by atoms with E-state index < -0.39 is 0 Å². The van der Waals surface area contributed by atoms with Crippen molar-refractivity contribution in [2.75, 3.05) is 0 Å². The van der Waals surface area contributed by atoms with Crippen LogP contribution in [0.4, 0.5) is 0 Å². The Labute approximate surface area is 80.5 Å². The van der Waals surface area contributed by atoms with Crippen LogP contribution in [0, 0.1) is 6.92 Å². The monoisotopic (exact) mass is 191 g/mol. The van der Waals surface area contributed by atoms with Crippen molar-refractivity contribution in [2.24, 2.45) is 0 Å². The summed E-state index contributed by atoms with van der Waals surface area (Å²) in [6.45, 7) is 2.00. The summed E-state index contributed by atoms with van der Waals surface area (Å²) in [4.78, 5) is 4.15. The molecule has 0 radical (unpaired) electrons. The van der Waals surface area contributed by atoms with Crippen LogP contribution in [0.15, 0.2) is 29.8 Å². The molecule has 0 aliphatic carbocycles. The van der Waals surface area contributed by atoms with Crippen LogP contribution in [0.1, 0.15) is 5.56 Å². The zero-order chi connectivity index (χ0) is 9.26. The molecule has 0 unspecified atom stereocenters. The second-order valence-corrected chi connectivity index (χ2v) is 3.75. The van der Waals surface area contributed by atoms with Crippen LogP contribution in [-0.2, 0) is 0 Å². The minimum absolute atomic E-state index is 0.292. The van der Waals surface area contributed by atoms with Gasteiger partial charge < -0.3 is 5.11 Å². The fourth-order valence-electron chi connectivity index (χ4n) is 1.18. The van der Waals surface area contributed by atoms with Gasteiger partial charge in [0.2, 0.25) is 0 Å². The molecule has 0 saturated carbocycles. The van der Waals surface area contributed by atoms with E-state index in [9.17, 15) is 5.11 Å².